The third-order valence-electron chi connectivity index (χ3n) is 3.07. The van der Waals surface area contributed by atoms with Gasteiger partial charge in [0.25, 0.3) is 0 Å². The lowest BCUT2D eigenvalue weighted by Gasteiger charge is -2.09. The summed E-state index contributed by atoms with van der Waals surface area (Å²) in [5, 5.41) is 3.21. The number of methoxy groups -OCH3 is 1. The van der Waals surface area contributed by atoms with Crippen LogP contribution in [0.4, 0.5) is 0 Å². The molecule has 1 aliphatic rings. The van der Waals surface area contributed by atoms with Crippen molar-refractivity contribution < 1.29 is 9.53 Å². The number of ketones is 1. The van der Waals surface area contributed by atoms with Gasteiger partial charge in [0.15, 0.2) is 5.78 Å². The highest BCUT2D eigenvalue weighted by molar-refractivity contribution is 6.00. The standard InChI is InChI=1S/C14H19NO2/c1-10-3-6-14(17-2)12(7-10)13(16)9-15-8-11-4-5-11/h3,6-7,11,15H,4-5,8-9H2,1-2H3. The molecule has 2 rings (SSSR count). The fourth-order valence-corrected chi connectivity index (χ4v) is 1.85. The molecule has 92 valence electrons. The van der Waals surface area contributed by atoms with Gasteiger partial charge in [0.1, 0.15) is 5.75 Å². The second-order valence-corrected chi connectivity index (χ2v) is 4.70. The van der Waals surface area contributed by atoms with Crippen molar-refractivity contribution in [2.45, 2.75) is 19.8 Å². The topological polar surface area (TPSA) is 38.3 Å². The lowest BCUT2D eigenvalue weighted by atomic mass is 10.1. The number of Topliss-reactive ketones (excluding diaryl/α,β-unsaturated/α-hetero) is 1. The summed E-state index contributed by atoms with van der Waals surface area (Å²) in [4.78, 5) is 12.0. The summed E-state index contributed by atoms with van der Waals surface area (Å²) in [7, 11) is 1.60. The predicted octanol–water partition coefficient (Wildman–Crippen LogP) is 2.19. The Morgan fingerprint density at radius 3 is 2.88 bits per heavy atom. The van der Waals surface area contributed by atoms with Gasteiger partial charge < -0.3 is 10.1 Å². The first-order valence-corrected chi connectivity index (χ1v) is 6.09. The maximum atomic E-state index is 12.0. The molecule has 0 heterocycles. The van der Waals surface area contributed by atoms with Gasteiger partial charge in [-0.1, -0.05) is 11.6 Å². The lowest BCUT2D eigenvalue weighted by molar-refractivity contribution is 0.0988. The maximum absolute atomic E-state index is 12.0. The van der Waals surface area contributed by atoms with Crippen molar-refractivity contribution in [1.29, 1.82) is 0 Å². The second-order valence-electron chi connectivity index (χ2n) is 4.70. The van der Waals surface area contributed by atoms with Crippen LogP contribution in [-0.2, 0) is 0 Å². The van der Waals surface area contributed by atoms with Gasteiger partial charge in [-0.15, -0.1) is 0 Å². The fraction of sp³-hybridized carbons (Fsp3) is 0.500. The Kier molecular flexibility index (Phi) is 3.79. The largest absolute Gasteiger partial charge is 0.496 e. The average Bonchev–Trinajstić information content (AvgIpc) is 3.13. The Labute approximate surface area is 102 Å². The van der Waals surface area contributed by atoms with Crippen LogP contribution >= 0.6 is 0 Å². The van der Waals surface area contributed by atoms with E-state index in [1.54, 1.807) is 7.11 Å². The number of hydrogen-bond acceptors (Lipinski definition) is 3. The Bertz CT molecular complexity index is 411. The van der Waals surface area contributed by atoms with E-state index < -0.39 is 0 Å². The van der Waals surface area contributed by atoms with E-state index >= 15 is 0 Å². The van der Waals surface area contributed by atoms with E-state index in [-0.39, 0.29) is 5.78 Å². The van der Waals surface area contributed by atoms with Crippen molar-refractivity contribution >= 4 is 5.78 Å². The van der Waals surface area contributed by atoms with Gasteiger partial charge in [-0.2, -0.15) is 0 Å². The molecule has 1 aliphatic carbocycles. The Morgan fingerprint density at radius 1 is 1.47 bits per heavy atom. The second kappa shape index (κ2) is 5.32. The first-order valence-electron chi connectivity index (χ1n) is 6.09. The van der Waals surface area contributed by atoms with Crippen molar-refractivity contribution in [1.82, 2.24) is 5.32 Å². The van der Waals surface area contributed by atoms with Crippen molar-refractivity contribution in [3.8, 4) is 5.75 Å². The molecule has 0 amide bonds. The van der Waals surface area contributed by atoms with Gasteiger partial charge in [-0.3, -0.25) is 4.79 Å². The number of ether oxygens (including phenoxy) is 1. The fourth-order valence-electron chi connectivity index (χ4n) is 1.85. The number of hydrogen-bond donors (Lipinski definition) is 1. The van der Waals surface area contributed by atoms with E-state index in [4.69, 9.17) is 4.74 Å². The Hall–Kier alpha value is -1.35. The van der Waals surface area contributed by atoms with E-state index in [0.717, 1.165) is 18.0 Å². The number of nitrogens with one attached hydrogen (secondary N) is 1. The molecule has 0 bridgehead atoms. The van der Waals surface area contributed by atoms with Gasteiger partial charge in [-0.25, -0.2) is 0 Å². The summed E-state index contributed by atoms with van der Waals surface area (Å²) < 4.78 is 5.21. The highest BCUT2D eigenvalue weighted by atomic mass is 16.5. The summed E-state index contributed by atoms with van der Waals surface area (Å²) >= 11 is 0. The molecule has 1 N–H and O–H groups in total. The zero-order valence-corrected chi connectivity index (χ0v) is 10.5. The summed E-state index contributed by atoms with van der Waals surface area (Å²) in [5.41, 5.74) is 1.76. The van der Waals surface area contributed by atoms with Crippen LogP contribution in [0.25, 0.3) is 0 Å². The van der Waals surface area contributed by atoms with E-state index in [1.807, 2.05) is 25.1 Å². The molecule has 0 spiro atoms. The molecule has 1 aromatic rings. The molecule has 1 saturated carbocycles. The first kappa shape index (κ1) is 12.1. The minimum Gasteiger partial charge on any atom is -0.496 e. The lowest BCUT2D eigenvalue weighted by Crippen LogP contribution is -2.25. The quantitative estimate of drug-likeness (QED) is 0.765. The molecule has 1 aromatic carbocycles. The molecule has 17 heavy (non-hydrogen) atoms. The molecule has 0 aromatic heterocycles. The highest BCUT2D eigenvalue weighted by Gasteiger charge is 2.21. The van der Waals surface area contributed by atoms with Gasteiger partial charge >= 0.3 is 0 Å². The van der Waals surface area contributed by atoms with E-state index in [9.17, 15) is 4.79 Å². The predicted molar refractivity (Wildman–Crippen MR) is 67.7 cm³/mol. The minimum absolute atomic E-state index is 0.103. The van der Waals surface area contributed by atoms with Crippen molar-refractivity contribution in [2.75, 3.05) is 20.2 Å². The Morgan fingerprint density at radius 2 is 2.24 bits per heavy atom. The molecule has 1 fully saturated rings. The molecule has 0 saturated heterocycles. The maximum Gasteiger partial charge on any atom is 0.180 e. The van der Waals surface area contributed by atoms with Crippen LogP contribution in [0, 0.1) is 12.8 Å². The molecule has 0 atom stereocenters. The number of carbonyl (C=O) groups excluding carboxylic acids is 1. The minimum atomic E-state index is 0.103. The van der Waals surface area contributed by atoms with Crippen LogP contribution < -0.4 is 10.1 Å². The number of carbonyl (C=O) groups is 1. The summed E-state index contributed by atoms with van der Waals surface area (Å²) in [6.07, 6.45) is 2.60. The number of aryl methyl sites for hydroxylation is 1. The van der Waals surface area contributed by atoms with Crippen molar-refractivity contribution in [3.63, 3.8) is 0 Å². The number of benzene rings is 1. The van der Waals surface area contributed by atoms with Crippen LogP contribution in [0.5, 0.6) is 5.75 Å². The van der Waals surface area contributed by atoms with Crippen LogP contribution in [0.1, 0.15) is 28.8 Å². The normalized spacial score (nSPS) is 14.7. The third-order valence-corrected chi connectivity index (χ3v) is 3.07. The Balaban J connectivity index is 1.98. The monoisotopic (exact) mass is 233 g/mol. The van der Waals surface area contributed by atoms with Crippen LogP contribution in [0.15, 0.2) is 18.2 Å². The molecular weight excluding hydrogens is 214 g/mol. The zero-order chi connectivity index (χ0) is 12.3. The van der Waals surface area contributed by atoms with Gasteiger partial charge in [0, 0.05) is 0 Å². The third kappa shape index (κ3) is 3.30. The van der Waals surface area contributed by atoms with Gasteiger partial charge in [-0.05, 0) is 44.4 Å². The molecule has 0 aliphatic heterocycles. The summed E-state index contributed by atoms with van der Waals surface area (Å²) in [5.74, 6) is 1.56. The van der Waals surface area contributed by atoms with Crippen LogP contribution in [0.2, 0.25) is 0 Å². The SMILES string of the molecule is COc1ccc(C)cc1C(=O)CNCC1CC1. The summed E-state index contributed by atoms with van der Waals surface area (Å²) in [6, 6.07) is 5.69. The van der Waals surface area contributed by atoms with Crippen LogP contribution in [-0.4, -0.2) is 26.0 Å². The van der Waals surface area contributed by atoms with E-state index in [0.29, 0.717) is 17.9 Å². The van der Waals surface area contributed by atoms with Crippen molar-refractivity contribution in [3.05, 3.63) is 29.3 Å². The highest BCUT2D eigenvalue weighted by Crippen LogP contribution is 2.27. The van der Waals surface area contributed by atoms with Gasteiger partial charge in [0.05, 0.1) is 19.2 Å². The van der Waals surface area contributed by atoms with Crippen LogP contribution in [0.3, 0.4) is 0 Å². The zero-order valence-electron chi connectivity index (χ0n) is 10.5. The number of rotatable bonds is 6. The van der Waals surface area contributed by atoms with E-state index in [1.165, 1.54) is 12.8 Å². The molecule has 3 heteroatoms. The average molecular weight is 233 g/mol. The van der Waals surface area contributed by atoms with Crippen molar-refractivity contribution in [2.24, 2.45) is 5.92 Å². The molecule has 0 radical (unpaired) electrons. The van der Waals surface area contributed by atoms with E-state index in [2.05, 4.69) is 5.32 Å². The first-order chi connectivity index (χ1) is 8.20. The van der Waals surface area contributed by atoms with Gasteiger partial charge in [0.2, 0.25) is 0 Å². The molecule has 0 unspecified atom stereocenters. The summed E-state index contributed by atoms with van der Waals surface area (Å²) in [6.45, 7) is 3.34. The molecule has 3 nitrogen and oxygen atoms in total. The smallest absolute Gasteiger partial charge is 0.180 e. The molecular formula is C14H19NO2.